The first-order chi connectivity index (χ1) is 18.1. The van der Waals surface area contributed by atoms with Crippen molar-refractivity contribution in [2.24, 2.45) is 0 Å². The number of carboxylic acid groups (broad SMARTS) is 3. The summed E-state index contributed by atoms with van der Waals surface area (Å²) in [5, 5.41) is 29.2. The number of hydrogen-bond acceptors (Lipinski definition) is 9. The van der Waals surface area contributed by atoms with Gasteiger partial charge in [-0.3, -0.25) is 24.0 Å². The zero-order valence-corrected chi connectivity index (χ0v) is 20.9. The average Bonchev–Trinajstić information content (AvgIpc) is 2.86. The third-order valence-corrected chi connectivity index (χ3v) is 4.83. The van der Waals surface area contributed by atoms with E-state index >= 15 is 0 Å². The predicted molar refractivity (Wildman–Crippen MR) is 128 cm³/mol. The molecular formula is C25H33NO12. The number of carbonyl (C=O) groups excluding carboxylic acids is 2. The molecule has 4 N–H and O–H groups in total. The highest BCUT2D eigenvalue weighted by Gasteiger charge is 2.34. The fourth-order valence-electron chi connectivity index (χ4n) is 2.97. The number of hydrogen-bond donors (Lipinski definition) is 4. The normalized spacial score (nSPS) is 10.8. The minimum atomic E-state index is -1.37. The summed E-state index contributed by atoms with van der Waals surface area (Å²) in [5.74, 6) is -4.28. The van der Waals surface area contributed by atoms with E-state index in [1.165, 1.54) is 0 Å². The van der Waals surface area contributed by atoms with Crippen molar-refractivity contribution < 1.29 is 58.2 Å². The highest BCUT2D eigenvalue weighted by atomic mass is 16.5. The Morgan fingerprint density at radius 1 is 0.763 bits per heavy atom. The van der Waals surface area contributed by atoms with Crippen molar-refractivity contribution in [3.05, 3.63) is 35.9 Å². The first-order valence-corrected chi connectivity index (χ1v) is 11.8. The highest BCUT2D eigenvalue weighted by Crippen LogP contribution is 2.12. The van der Waals surface area contributed by atoms with Gasteiger partial charge in [-0.2, -0.15) is 0 Å². The number of esters is 1. The van der Waals surface area contributed by atoms with Gasteiger partial charge in [0.15, 0.2) is 0 Å². The molecule has 13 nitrogen and oxygen atoms in total. The van der Waals surface area contributed by atoms with E-state index in [4.69, 9.17) is 34.3 Å². The fraction of sp³-hybridized carbons (Fsp3) is 0.560. The number of carbonyl (C=O) groups is 5. The van der Waals surface area contributed by atoms with E-state index in [-0.39, 0.29) is 84.8 Å². The van der Waals surface area contributed by atoms with E-state index < -0.39 is 35.3 Å². The minimum absolute atomic E-state index is 0.0254. The molecule has 1 aromatic carbocycles. The molecule has 1 aromatic rings. The molecule has 1 rings (SSSR count). The van der Waals surface area contributed by atoms with Crippen LogP contribution in [-0.2, 0) is 49.5 Å². The van der Waals surface area contributed by atoms with Crippen LogP contribution in [0.2, 0.25) is 0 Å². The van der Waals surface area contributed by atoms with E-state index in [1.54, 1.807) is 18.2 Å². The number of rotatable bonds is 22. The summed E-state index contributed by atoms with van der Waals surface area (Å²) in [6, 6.07) is 10.5. The van der Waals surface area contributed by atoms with Gasteiger partial charge in [0.2, 0.25) is 5.91 Å². The average molecular weight is 540 g/mol. The zero-order chi connectivity index (χ0) is 28.2. The molecule has 1 amide bonds. The Bertz CT molecular complexity index is 835. The van der Waals surface area contributed by atoms with E-state index in [0.717, 1.165) is 5.56 Å². The van der Waals surface area contributed by atoms with Crippen molar-refractivity contribution in [1.82, 2.24) is 5.32 Å². The minimum Gasteiger partial charge on any atom is -0.481 e. The van der Waals surface area contributed by atoms with Crippen LogP contribution in [0.1, 0.15) is 44.1 Å². The quantitative estimate of drug-likeness (QED) is 0.120. The Balaban J connectivity index is 2.72. The molecule has 0 atom stereocenters. The molecule has 38 heavy (non-hydrogen) atoms. The SMILES string of the molecule is O=C(O)CCOCC(COCCC(=O)O)(COCCC(=O)O)NC(=O)CCCC(=O)OCc1cc#ccc1. The Labute approximate surface area is 220 Å². The number of nitrogens with one attached hydrogen (secondary N) is 1. The second-order valence-corrected chi connectivity index (χ2v) is 8.27. The molecule has 0 aliphatic rings. The Kier molecular flexibility index (Phi) is 15.7. The molecule has 0 heterocycles. The first-order valence-electron chi connectivity index (χ1n) is 11.8. The third-order valence-electron chi connectivity index (χ3n) is 4.83. The number of ether oxygens (including phenoxy) is 4. The predicted octanol–water partition coefficient (Wildman–Crippen LogP) is 0.829. The lowest BCUT2D eigenvalue weighted by atomic mass is 10.0. The van der Waals surface area contributed by atoms with Crippen LogP contribution in [0.5, 0.6) is 0 Å². The summed E-state index contributed by atoms with van der Waals surface area (Å²) < 4.78 is 21.4. The maximum absolute atomic E-state index is 12.7. The van der Waals surface area contributed by atoms with E-state index in [2.05, 4.69) is 17.4 Å². The zero-order valence-electron chi connectivity index (χ0n) is 20.9. The summed E-state index contributed by atoms with van der Waals surface area (Å²) in [6.07, 6.45) is -0.844. The highest BCUT2D eigenvalue weighted by molar-refractivity contribution is 5.78. The molecule has 0 saturated heterocycles. The Morgan fingerprint density at radius 3 is 1.74 bits per heavy atom. The number of carboxylic acids is 3. The Hall–Kier alpha value is -3.73. The van der Waals surface area contributed by atoms with Crippen molar-refractivity contribution in [2.45, 2.75) is 50.7 Å². The molecular weight excluding hydrogens is 506 g/mol. The van der Waals surface area contributed by atoms with Crippen LogP contribution in [0.15, 0.2) is 18.2 Å². The Morgan fingerprint density at radius 2 is 1.29 bits per heavy atom. The van der Waals surface area contributed by atoms with Gasteiger partial charge in [-0.1, -0.05) is 12.1 Å². The maximum atomic E-state index is 12.7. The van der Waals surface area contributed by atoms with Gasteiger partial charge >= 0.3 is 23.9 Å². The lowest BCUT2D eigenvalue weighted by Crippen LogP contribution is -2.58. The molecule has 13 heteroatoms. The van der Waals surface area contributed by atoms with Crippen LogP contribution in [0.25, 0.3) is 0 Å². The number of aliphatic carboxylic acids is 3. The summed E-state index contributed by atoms with van der Waals surface area (Å²) in [4.78, 5) is 57.1. The topological polar surface area (TPSA) is 195 Å². The van der Waals surface area contributed by atoms with Crippen molar-refractivity contribution in [1.29, 1.82) is 0 Å². The fourth-order valence-corrected chi connectivity index (χ4v) is 2.97. The monoisotopic (exact) mass is 539 g/mol. The second kappa shape index (κ2) is 18.5. The molecule has 0 aromatic heterocycles. The smallest absolute Gasteiger partial charge is 0.306 e. The largest absolute Gasteiger partial charge is 0.481 e. The maximum Gasteiger partial charge on any atom is 0.306 e. The first kappa shape index (κ1) is 32.3. The molecule has 0 saturated carbocycles. The van der Waals surface area contributed by atoms with Gasteiger partial charge in [0.25, 0.3) is 0 Å². The van der Waals surface area contributed by atoms with E-state index in [1.807, 2.05) is 0 Å². The molecule has 0 unspecified atom stereocenters. The van der Waals surface area contributed by atoms with Crippen molar-refractivity contribution in [3.63, 3.8) is 0 Å². The van der Waals surface area contributed by atoms with Gasteiger partial charge in [-0.25, -0.2) is 0 Å². The summed E-state index contributed by atoms with van der Waals surface area (Å²) >= 11 is 0. The van der Waals surface area contributed by atoms with Gasteiger partial charge in [0, 0.05) is 12.8 Å². The second-order valence-electron chi connectivity index (χ2n) is 8.27. The standard InChI is InChI=1S/C25H33NO12/c27-20(7-4-8-24(34)38-15-19-5-2-1-3-6-19)26-25(16-35-12-9-21(28)29,17-36-13-10-22(30)31)18-37-14-11-23(32)33/h2,5-6H,4,7-18H2,(H,26,27)(H,28,29)(H,30,31)(H,32,33). The third kappa shape index (κ3) is 16.1. The summed E-state index contributed by atoms with van der Waals surface area (Å²) in [6.45, 7) is -1.23. The summed E-state index contributed by atoms with van der Waals surface area (Å²) in [7, 11) is 0. The van der Waals surface area contributed by atoms with Crippen LogP contribution in [-0.4, -0.2) is 90.3 Å². The molecule has 0 spiro atoms. The van der Waals surface area contributed by atoms with Crippen molar-refractivity contribution in [3.8, 4) is 0 Å². The van der Waals surface area contributed by atoms with E-state index in [9.17, 15) is 24.0 Å². The van der Waals surface area contributed by atoms with Crippen LogP contribution in [0.3, 0.4) is 0 Å². The molecule has 0 radical (unpaired) electrons. The molecule has 0 aliphatic carbocycles. The number of amides is 1. The van der Waals surface area contributed by atoms with Gasteiger partial charge in [0.05, 0.1) is 58.9 Å². The lowest BCUT2D eigenvalue weighted by Gasteiger charge is -2.34. The molecule has 210 valence electrons. The van der Waals surface area contributed by atoms with Gasteiger partial charge in [-0.05, 0) is 30.2 Å². The van der Waals surface area contributed by atoms with Crippen molar-refractivity contribution >= 4 is 29.8 Å². The van der Waals surface area contributed by atoms with Crippen LogP contribution < -0.4 is 5.32 Å². The van der Waals surface area contributed by atoms with Gasteiger partial charge in [0.1, 0.15) is 12.1 Å². The van der Waals surface area contributed by atoms with E-state index in [0.29, 0.717) is 0 Å². The lowest BCUT2D eigenvalue weighted by molar-refractivity contribution is -0.145. The van der Waals surface area contributed by atoms with Crippen LogP contribution >= 0.6 is 0 Å². The van der Waals surface area contributed by atoms with Crippen LogP contribution in [0.4, 0.5) is 0 Å². The van der Waals surface area contributed by atoms with Gasteiger partial charge in [-0.15, -0.1) is 0 Å². The molecule has 0 bridgehead atoms. The van der Waals surface area contributed by atoms with Crippen molar-refractivity contribution in [2.75, 3.05) is 39.6 Å². The van der Waals surface area contributed by atoms with Crippen LogP contribution in [0, 0.1) is 12.1 Å². The summed E-state index contributed by atoms with van der Waals surface area (Å²) in [5.41, 5.74) is -0.623. The molecule has 0 fully saturated rings. The van der Waals surface area contributed by atoms with Gasteiger partial charge < -0.3 is 39.6 Å². The molecule has 0 aliphatic heterocycles.